The Labute approximate surface area is 89.5 Å². The number of hydrogen-bond acceptors (Lipinski definition) is 2. The van der Waals surface area contributed by atoms with E-state index in [1.54, 1.807) is 0 Å². The number of aliphatic carboxylic acids is 1. The molecular formula is C11H18O2S. The molecule has 3 atom stereocenters. The minimum atomic E-state index is -0.587. The van der Waals surface area contributed by atoms with Gasteiger partial charge in [0, 0.05) is 0 Å². The van der Waals surface area contributed by atoms with E-state index in [-0.39, 0.29) is 11.3 Å². The fraction of sp³-hybridized carbons (Fsp3) is 0.909. The SMILES string of the molecule is CC1(C)C(C(=O)O)C1C1CCCSC1. The highest BCUT2D eigenvalue weighted by Crippen LogP contribution is 2.63. The zero-order valence-electron chi connectivity index (χ0n) is 8.82. The van der Waals surface area contributed by atoms with Crippen LogP contribution in [-0.2, 0) is 4.79 Å². The standard InChI is InChI=1S/C11H18O2S/c1-11(2)8(9(11)10(12)13)7-4-3-5-14-6-7/h7-9H,3-6H2,1-2H3,(H,12,13). The lowest BCUT2D eigenvalue weighted by atomic mass is 9.94. The third-order valence-corrected chi connectivity index (χ3v) is 5.12. The van der Waals surface area contributed by atoms with Crippen LogP contribution in [0.2, 0.25) is 0 Å². The first-order chi connectivity index (χ1) is 6.55. The molecule has 0 aromatic rings. The molecular weight excluding hydrogens is 196 g/mol. The summed E-state index contributed by atoms with van der Waals surface area (Å²) in [6, 6.07) is 0. The molecule has 2 fully saturated rings. The van der Waals surface area contributed by atoms with E-state index in [2.05, 4.69) is 13.8 Å². The summed E-state index contributed by atoms with van der Waals surface area (Å²) in [6.45, 7) is 4.21. The van der Waals surface area contributed by atoms with E-state index in [4.69, 9.17) is 5.11 Å². The molecule has 1 heterocycles. The largest absolute Gasteiger partial charge is 0.481 e. The molecule has 3 heteroatoms. The third kappa shape index (κ3) is 1.56. The number of carboxylic acid groups (broad SMARTS) is 1. The molecule has 3 unspecified atom stereocenters. The van der Waals surface area contributed by atoms with Gasteiger partial charge in [0.25, 0.3) is 0 Å². The van der Waals surface area contributed by atoms with Crippen molar-refractivity contribution in [3.8, 4) is 0 Å². The van der Waals surface area contributed by atoms with E-state index in [1.165, 1.54) is 24.3 Å². The molecule has 0 bridgehead atoms. The average molecular weight is 214 g/mol. The average Bonchev–Trinajstić information content (AvgIpc) is 2.71. The highest BCUT2D eigenvalue weighted by atomic mass is 32.2. The van der Waals surface area contributed by atoms with Gasteiger partial charge in [-0.15, -0.1) is 0 Å². The Morgan fingerprint density at radius 3 is 2.64 bits per heavy atom. The van der Waals surface area contributed by atoms with Crippen LogP contribution in [0.3, 0.4) is 0 Å². The summed E-state index contributed by atoms with van der Waals surface area (Å²) in [5.74, 6) is 2.87. The Morgan fingerprint density at radius 1 is 1.50 bits per heavy atom. The van der Waals surface area contributed by atoms with Crippen LogP contribution in [0.15, 0.2) is 0 Å². The van der Waals surface area contributed by atoms with Gasteiger partial charge in [0.05, 0.1) is 5.92 Å². The number of thioether (sulfide) groups is 1. The molecule has 0 spiro atoms. The second kappa shape index (κ2) is 3.44. The topological polar surface area (TPSA) is 37.3 Å². The predicted molar refractivity (Wildman–Crippen MR) is 58.4 cm³/mol. The number of rotatable bonds is 2. The molecule has 0 amide bonds. The molecule has 1 saturated carbocycles. The van der Waals surface area contributed by atoms with Gasteiger partial charge >= 0.3 is 5.97 Å². The van der Waals surface area contributed by atoms with Gasteiger partial charge in [-0.1, -0.05) is 13.8 Å². The van der Waals surface area contributed by atoms with E-state index in [9.17, 15) is 4.79 Å². The summed E-state index contributed by atoms with van der Waals surface area (Å²) in [5, 5.41) is 9.08. The maximum Gasteiger partial charge on any atom is 0.307 e. The second-order valence-corrected chi connectivity index (χ2v) is 6.29. The lowest BCUT2D eigenvalue weighted by molar-refractivity contribution is -0.139. The third-order valence-electron chi connectivity index (χ3n) is 3.88. The molecule has 2 rings (SSSR count). The van der Waals surface area contributed by atoms with Crippen LogP contribution in [0, 0.1) is 23.2 Å². The van der Waals surface area contributed by atoms with Crippen molar-refractivity contribution in [3.63, 3.8) is 0 Å². The minimum Gasteiger partial charge on any atom is -0.481 e. The van der Waals surface area contributed by atoms with Crippen molar-refractivity contribution in [3.05, 3.63) is 0 Å². The Kier molecular flexibility index (Phi) is 2.54. The maximum atomic E-state index is 11.0. The van der Waals surface area contributed by atoms with Crippen molar-refractivity contribution in [2.24, 2.45) is 23.2 Å². The molecule has 1 N–H and O–H groups in total. The van der Waals surface area contributed by atoms with Gasteiger partial charge in [0.1, 0.15) is 0 Å². The van der Waals surface area contributed by atoms with E-state index in [0.29, 0.717) is 11.8 Å². The quantitative estimate of drug-likeness (QED) is 0.767. The predicted octanol–water partition coefficient (Wildman–Crippen LogP) is 2.49. The van der Waals surface area contributed by atoms with Crippen molar-refractivity contribution in [2.75, 3.05) is 11.5 Å². The van der Waals surface area contributed by atoms with Crippen LogP contribution in [0.5, 0.6) is 0 Å². The lowest BCUT2D eigenvalue weighted by Crippen LogP contribution is -2.16. The van der Waals surface area contributed by atoms with Crippen molar-refractivity contribution in [2.45, 2.75) is 26.7 Å². The van der Waals surface area contributed by atoms with Gasteiger partial charge in [-0.05, 0) is 41.6 Å². The molecule has 14 heavy (non-hydrogen) atoms. The second-order valence-electron chi connectivity index (χ2n) is 5.14. The fourth-order valence-corrected chi connectivity index (χ4v) is 4.29. The van der Waals surface area contributed by atoms with Gasteiger partial charge in [-0.25, -0.2) is 0 Å². The fourth-order valence-electron chi connectivity index (χ4n) is 3.08. The molecule has 0 aromatic heterocycles. The maximum absolute atomic E-state index is 11.0. The van der Waals surface area contributed by atoms with Crippen LogP contribution in [0.4, 0.5) is 0 Å². The molecule has 1 aliphatic heterocycles. The van der Waals surface area contributed by atoms with Crippen LogP contribution < -0.4 is 0 Å². The van der Waals surface area contributed by atoms with Gasteiger partial charge in [-0.2, -0.15) is 11.8 Å². The summed E-state index contributed by atoms with van der Waals surface area (Å²) in [7, 11) is 0. The molecule has 2 aliphatic rings. The summed E-state index contributed by atoms with van der Waals surface area (Å²) in [4.78, 5) is 11.0. The van der Waals surface area contributed by atoms with Crippen LogP contribution in [0.25, 0.3) is 0 Å². The van der Waals surface area contributed by atoms with Crippen molar-refractivity contribution in [1.82, 2.24) is 0 Å². The van der Waals surface area contributed by atoms with E-state index in [0.717, 1.165) is 0 Å². The number of carboxylic acids is 1. The minimum absolute atomic E-state index is 0.0500. The van der Waals surface area contributed by atoms with Gasteiger partial charge < -0.3 is 5.11 Å². The Bertz CT molecular complexity index is 244. The summed E-state index contributed by atoms with van der Waals surface area (Å²) < 4.78 is 0. The normalized spacial score (nSPS) is 40.6. The first-order valence-electron chi connectivity index (χ1n) is 5.35. The summed E-state index contributed by atoms with van der Waals surface area (Å²) in [6.07, 6.45) is 2.51. The zero-order chi connectivity index (χ0) is 10.3. The number of hydrogen-bond donors (Lipinski definition) is 1. The lowest BCUT2D eigenvalue weighted by Gasteiger charge is -2.22. The zero-order valence-corrected chi connectivity index (χ0v) is 9.64. The van der Waals surface area contributed by atoms with Gasteiger partial charge in [-0.3, -0.25) is 4.79 Å². The van der Waals surface area contributed by atoms with Crippen LogP contribution in [0.1, 0.15) is 26.7 Å². The van der Waals surface area contributed by atoms with E-state index < -0.39 is 5.97 Å². The highest BCUT2D eigenvalue weighted by molar-refractivity contribution is 7.99. The molecule has 1 aliphatic carbocycles. The van der Waals surface area contributed by atoms with Crippen molar-refractivity contribution < 1.29 is 9.90 Å². The van der Waals surface area contributed by atoms with Crippen LogP contribution >= 0.6 is 11.8 Å². The smallest absolute Gasteiger partial charge is 0.307 e. The van der Waals surface area contributed by atoms with Gasteiger partial charge in [0.15, 0.2) is 0 Å². The summed E-state index contributed by atoms with van der Waals surface area (Å²) in [5.41, 5.74) is 0.0500. The van der Waals surface area contributed by atoms with Crippen LogP contribution in [-0.4, -0.2) is 22.6 Å². The molecule has 80 valence electrons. The van der Waals surface area contributed by atoms with Crippen molar-refractivity contribution in [1.29, 1.82) is 0 Å². The Hall–Kier alpha value is -0.180. The molecule has 0 aromatic carbocycles. The molecule has 0 radical (unpaired) electrons. The molecule has 2 nitrogen and oxygen atoms in total. The van der Waals surface area contributed by atoms with E-state index in [1.807, 2.05) is 11.8 Å². The van der Waals surface area contributed by atoms with Crippen molar-refractivity contribution >= 4 is 17.7 Å². The Morgan fingerprint density at radius 2 is 2.21 bits per heavy atom. The van der Waals surface area contributed by atoms with Gasteiger partial charge in [0.2, 0.25) is 0 Å². The Balaban J connectivity index is 2.02. The van der Waals surface area contributed by atoms with E-state index >= 15 is 0 Å². The number of carbonyl (C=O) groups is 1. The monoisotopic (exact) mass is 214 g/mol. The highest BCUT2D eigenvalue weighted by Gasteiger charge is 2.64. The first-order valence-corrected chi connectivity index (χ1v) is 6.51. The summed E-state index contributed by atoms with van der Waals surface area (Å²) >= 11 is 1.99. The molecule has 1 saturated heterocycles. The first kappa shape index (κ1) is 10.3.